The first-order valence-corrected chi connectivity index (χ1v) is 8.46. The Bertz CT molecular complexity index is 558. The summed E-state index contributed by atoms with van der Waals surface area (Å²) in [6, 6.07) is 7.31. The van der Waals surface area contributed by atoms with Crippen molar-refractivity contribution in [1.29, 1.82) is 0 Å². The van der Waals surface area contributed by atoms with Crippen LogP contribution < -0.4 is 5.32 Å². The van der Waals surface area contributed by atoms with E-state index in [4.69, 9.17) is 0 Å². The van der Waals surface area contributed by atoms with Crippen molar-refractivity contribution in [2.75, 3.05) is 20.1 Å². The average molecular weight is 333 g/mol. The average Bonchev–Trinajstić information content (AvgIpc) is 2.90. The molecule has 1 aromatic carbocycles. The fraction of sp³-hybridized carbons (Fsp3) is 0.600. The lowest BCUT2D eigenvalue weighted by Crippen LogP contribution is -2.38. The lowest BCUT2D eigenvalue weighted by molar-refractivity contribution is 0.387. The molecule has 4 nitrogen and oxygen atoms in total. The molecule has 0 aliphatic carbocycles. The Morgan fingerprint density at radius 1 is 1.19 bits per heavy atom. The lowest BCUT2D eigenvalue weighted by atomic mass is 9.87. The third kappa shape index (κ3) is 3.97. The van der Waals surface area contributed by atoms with Crippen molar-refractivity contribution in [1.82, 2.24) is 9.62 Å². The summed E-state index contributed by atoms with van der Waals surface area (Å²) in [6.45, 7) is 7.97. The Hall–Kier alpha value is -0.620. The van der Waals surface area contributed by atoms with Crippen LogP contribution in [0.25, 0.3) is 0 Å². The Kier molecular flexibility index (Phi) is 5.83. The molecule has 1 aliphatic heterocycles. The summed E-state index contributed by atoms with van der Waals surface area (Å²) < 4.78 is 26.7. The van der Waals surface area contributed by atoms with E-state index >= 15 is 0 Å². The first-order valence-electron chi connectivity index (χ1n) is 7.02. The number of nitrogens with zero attached hydrogens (tertiary/aromatic N) is 1. The van der Waals surface area contributed by atoms with E-state index in [0.717, 1.165) is 25.1 Å². The summed E-state index contributed by atoms with van der Waals surface area (Å²) in [5, 5.41) is 3.20. The van der Waals surface area contributed by atoms with E-state index in [9.17, 15) is 8.42 Å². The predicted molar refractivity (Wildman–Crippen MR) is 88.6 cm³/mol. The van der Waals surface area contributed by atoms with Crippen LogP contribution in [0.5, 0.6) is 0 Å². The van der Waals surface area contributed by atoms with E-state index in [0.29, 0.717) is 4.90 Å². The second kappa shape index (κ2) is 6.65. The van der Waals surface area contributed by atoms with Crippen molar-refractivity contribution in [3.8, 4) is 0 Å². The Labute approximate surface area is 134 Å². The minimum atomic E-state index is -3.39. The van der Waals surface area contributed by atoms with Gasteiger partial charge in [-0.05, 0) is 36.1 Å². The van der Waals surface area contributed by atoms with Gasteiger partial charge >= 0.3 is 0 Å². The van der Waals surface area contributed by atoms with Crippen molar-refractivity contribution >= 4 is 22.4 Å². The van der Waals surface area contributed by atoms with E-state index in [1.807, 2.05) is 12.1 Å². The van der Waals surface area contributed by atoms with Gasteiger partial charge < -0.3 is 5.32 Å². The van der Waals surface area contributed by atoms with Crippen LogP contribution in [-0.2, 0) is 15.4 Å². The van der Waals surface area contributed by atoms with Gasteiger partial charge in [0.2, 0.25) is 10.0 Å². The van der Waals surface area contributed by atoms with Gasteiger partial charge in [0, 0.05) is 19.6 Å². The number of hydrogen-bond donors (Lipinski definition) is 1. The van der Waals surface area contributed by atoms with Gasteiger partial charge in [0.05, 0.1) is 4.90 Å². The highest BCUT2D eigenvalue weighted by Crippen LogP contribution is 2.25. The third-order valence-electron chi connectivity index (χ3n) is 3.95. The molecule has 120 valence electrons. The Morgan fingerprint density at radius 2 is 1.76 bits per heavy atom. The number of nitrogens with one attached hydrogen (secondary N) is 1. The monoisotopic (exact) mass is 332 g/mol. The van der Waals surface area contributed by atoms with Crippen molar-refractivity contribution in [2.45, 2.75) is 43.5 Å². The molecule has 21 heavy (non-hydrogen) atoms. The molecule has 1 N–H and O–H groups in total. The first kappa shape index (κ1) is 18.4. The number of sulfonamides is 1. The third-order valence-corrected chi connectivity index (χ3v) is 5.87. The molecule has 0 radical (unpaired) electrons. The maximum absolute atomic E-state index is 12.6. The lowest BCUT2D eigenvalue weighted by Gasteiger charge is -2.24. The predicted octanol–water partition coefficient (Wildman–Crippen LogP) is 2.39. The Morgan fingerprint density at radius 3 is 2.19 bits per heavy atom. The fourth-order valence-corrected chi connectivity index (χ4v) is 3.82. The summed E-state index contributed by atoms with van der Waals surface area (Å²) >= 11 is 0. The normalized spacial score (nSPS) is 19.6. The summed E-state index contributed by atoms with van der Waals surface area (Å²) in [4.78, 5) is 0.375. The van der Waals surface area contributed by atoms with Crippen molar-refractivity contribution in [3.05, 3.63) is 29.8 Å². The number of hydrogen-bond acceptors (Lipinski definition) is 3. The molecule has 0 saturated carbocycles. The quantitative estimate of drug-likeness (QED) is 0.924. The van der Waals surface area contributed by atoms with Crippen LogP contribution in [0, 0.1) is 0 Å². The molecule has 2 rings (SSSR count). The van der Waals surface area contributed by atoms with Crippen LogP contribution in [0.1, 0.15) is 32.8 Å². The van der Waals surface area contributed by atoms with Crippen molar-refractivity contribution in [3.63, 3.8) is 0 Å². The largest absolute Gasteiger partial charge is 0.315 e. The van der Waals surface area contributed by atoms with Gasteiger partial charge in [0.25, 0.3) is 0 Å². The van der Waals surface area contributed by atoms with E-state index < -0.39 is 10.0 Å². The maximum atomic E-state index is 12.6. The second-order valence-corrected chi connectivity index (χ2v) is 8.44. The van der Waals surface area contributed by atoms with Crippen molar-refractivity contribution < 1.29 is 8.42 Å². The summed E-state index contributed by atoms with van der Waals surface area (Å²) in [5.41, 5.74) is 1.17. The zero-order chi connectivity index (χ0) is 15.0. The fourth-order valence-electron chi connectivity index (χ4n) is 2.44. The topological polar surface area (TPSA) is 49.4 Å². The summed E-state index contributed by atoms with van der Waals surface area (Å²) in [6.07, 6.45) is 0.871. The number of rotatable bonds is 3. The maximum Gasteiger partial charge on any atom is 0.243 e. The van der Waals surface area contributed by atoms with Gasteiger partial charge in [-0.25, -0.2) is 8.42 Å². The SMILES string of the molecule is CN(C1CCNC1)S(=O)(=O)c1ccc(C(C)(C)C)cc1.Cl. The highest BCUT2D eigenvalue weighted by atomic mass is 35.5. The zero-order valence-corrected chi connectivity index (χ0v) is 14.7. The number of benzene rings is 1. The molecule has 0 amide bonds. The van der Waals surface area contributed by atoms with Gasteiger partial charge in [0.1, 0.15) is 0 Å². The van der Waals surface area contributed by atoms with Crippen LogP contribution in [0.15, 0.2) is 29.2 Å². The van der Waals surface area contributed by atoms with E-state index in [1.54, 1.807) is 19.2 Å². The summed E-state index contributed by atoms with van der Waals surface area (Å²) in [5.74, 6) is 0. The van der Waals surface area contributed by atoms with Gasteiger partial charge in [-0.3, -0.25) is 0 Å². The van der Waals surface area contributed by atoms with Crippen LogP contribution >= 0.6 is 12.4 Å². The van der Waals surface area contributed by atoms with Gasteiger partial charge in [-0.1, -0.05) is 32.9 Å². The van der Waals surface area contributed by atoms with Gasteiger partial charge in [-0.15, -0.1) is 12.4 Å². The minimum absolute atomic E-state index is 0. The van der Waals surface area contributed by atoms with Crippen LogP contribution in [0.2, 0.25) is 0 Å². The highest BCUT2D eigenvalue weighted by molar-refractivity contribution is 7.89. The molecule has 1 heterocycles. The van der Waals surface area contributed by atoms with Crippen LogP contribution in [-0.4, -0.2) is 38.9 Å². The van der Waals surface area contributed by atoms with Crippen LogP contribution in [0.4, 0.5) is 0 Å². The van der Waals surface area contributed by atoms with Gasteiger partial charge in [-0.2, -0.15) is 4.31 Å². The van der Waals surface area contributed by atoms with E-state index in [1.165, 1.54) is 4.31 Å². The molecule has 0 bridgehead atoms. The molecular formula is C15H25ClN2O2S. The zero-order valence-electron chi connectivity index (χ0n) is 13.1. The molecule has 1 atom stereocenters. The standard InChI is InChI=1S/C15H24N2O2S.ClH/c1-15(2,3)12-5-7-14(8-6-12)20(18,19)17(4)13-9-10-16-11-13;/h5-8,13,16H,9-11H2,1-4H3;1H. The molecule has 6 heteroatoms. The molecule has 0 aromatic heterocycles. The first-order chi connectivity index (χ1) is 9.23. The minimum Gasteiger partial charge on any atom is -0.315 e. The molecule has 1 aromatic rings. The molecular weight excluding hydrogens is 308 g/mol. The number of halogens is 1. The van der Waals surface area contributed by atoms with E-state index in [-0.39, 0.29) is 23.9 Å². The Balaban J connectivity index is 0.00000220. The molecule has 1 saturated heterocycles. The summed E-state index contributed by atoms with van der Waals surface area (Å²) in [7, 11) is -1.72. The van der Waals surface area contributed by atoms with E-state index in [2.05, 4.69) is 26.1 Å². The van der Waals surface area contributed by atoms with Crippen LogP contribution in [0.3, 0.4) is 0 Å². The second-order valence-electron chi connectivity index (χ2n) is 6.44. The highest BCUT2D eigenvalue weighted by Gasteiger charge is 2.30. The molecule has 0 spiro atoms. The molecule has 1 fully saturated rings. The number of likely N-dealkylation sites (N-methyl/N-ethyl adjacent to an activating group) is 1. The van der Waals surface area contributed by atoms with Gasteiger partial charge in [0.15, 0.2) is 0 Å². The molecule has 1 aliphatic rings. The van der Waals surface area contributed by atoms with Crippen molar-refractivity contribution in [2.24, 2.45) is 0 Å². The smallest absolute Gasteiger partial charge is 0.243 e. The molecule has 1 unspecified atom stereocenters.